The number of esters is 1. The highest BCUT2D eigenvalue weighted by atomic mass is 16.5. The summed E-state index contributed by atoms with van der Waals surface area (Å²) >= 11 is 0. The minimum absolute atomic E-state index is 0.167. The number of Topliss-reactive ketones (excluding diaryl/α,β-unsaturated/α-hetero) is 1. The van der Waals surface area contributed by atoms with E-state index in [9.17, 15) is 9.59 Å². The van der Waals surface area contributed by atoms with E-state index in [2.05, 4.69) is 0 Å². The van der Waals surface area contributed by atoms with Crippen LogP contribution in [-0.4, -0.2) is 11.8 Å². The third-order valence-electron chi connectivity index (χ3n) is 3.90. The molecule has 0 aliphatic carbocycles. The first-order valence-corrected chi connectivity index (χ1v) is 8.02. The number of hydrogen-bond donors (Lipinski definition) is 0. The van der Waals surface area contributed by atoms with E-state index in [1.165, 1.54) is 6.07 Å². The molecule has 0 atom stereocenters. The van der Waals surface area contributed by atoms with Crippen molar-refractivity contribution in [1.29, 1.82) is 0 Å². The highest BCUT2D eigenvalue weighted by molar-refractivity contribution is 6.14. The van der Waals surface area contributed by atoms with Crippen LogP contribution < -0.4 is 9.47 Å². The Morgan fingerprint density at radius 1 is 1.04 bits per heavy atom. The van der Waals surface area contributed by atoms with Gasteiger partial charge in [-0.25, -0.2) is 4.79 Å². The molecule has 4 rings (SSSR count). The molecule has 0 N–H and O–H groups in total. The minimum atomic E-state index is -0.475. The van der Waals surface area contributed by atoms with Gasteiger partial charge in [0.25, 0.3) is 0 Å². The second-order valence-electron chi connectivity index (χ2n) is 5.80. The Labute approximate surface area is 149 Å². The maximum atomic E-state index is 12.4. The summed E-state index contributed by atoms with van der Waals surface area (Å²) in [5, 5.41) is 0. The van der Waals surface area contributed by atoms with E-state index in [-0.39, 0.29) is 11.5 Å². The summed E-state index contributed by atoms with van der Waals surface area (Å²) < 4.78 is 16.4. The molecule has 2 aromatic carbocycles. The van der Waals surface area contributed by atoms with Crippen LogP contribution in [0, 0.1) is 6.92 Å². The van der Waals surface area contributed by atoms with Crippen molar-refractivity contribution in [3.05, 3.63) is 89.1 Å². The van der Waals surface area contributed by atoms with Gasteiger partial charge >= 0.3 is 5.97 Å². The molecule has 0 radical (unpaired) electrons. The van der Waals surface area contributed by atoms with Crippen molar-refractivity contribution in [2.45, 2.75) is 6.92 Å². The van der Waals surface area contributed by atoms with Gasteiger partial charge in [-0.15, -0.1) is 0 Å². The number of benzene rings is 2. The topological polar surface area (TPSA) is 65.7 Å². The molecular weight excluding hydrogens is 332 g/mol. The summed E-state index contributed by atoms with van der Waals surface area (Å²) in [6.07, 6.45) is 1.55. The largest absolute Gasteiger partial charge is 0.462 e. The molecule has 1 aliphatic heterocycles. The number of aryl methyl sites for hydroxylation is 1. The second kappa shape index (κ2) is 6.37. The smallest absolute Gasteiger partial charge is 0.343 e. The second-order valence-corrected chi connectivity index (χ2v) is 5.80. The van der Waals surface area contributed by atoms with Gasteiger partial charge in [-0.1, -0.05) is 18.2 Å². The van der Waals surface area contributed by atoms with Crippen molar-refractivity contribution in [3.8, 4) is 11.5 Å². The van der Waals surface area contributed by atoms with Gasteiger partial charge in [0.15, 0.2) is 5.76 Å². The maximum absolute atomic E-state index is 12.4. The summed E-state index contributed by atoms with van der Waals surface area (Å²) in [7, 11) is 0. The number of rotatable bonds is 3. The standard InChI is InChI=1S/C21H14O5/c1-13-7-8-15(24-13)12-19-20(22)17-10-9-16(11-18(17)26-19)25-21(23)14-5-3-2-4-6-14/h2-12H,1H3. The van der Waals surface area contributed by atoms with Crippen molar-refractivity contribution in [2.75, 3.05) is 0 Å². The monoisotopic (exact) mass is 346 g/mol. The van der Waals surface area contributed by atoms with Crippen LogP contribution in [-0.2, 0) is 0 Å². The van der Waals surface area contributed by atoms with Gasteiger partial charge < -0.3 is 13.9 Å². The summed E-state index contributed by atoms with van der Waals surface area (Å²) in [5.74, 6) is 1.39. The van der Waals surface area contributed by atoms with Gasteiger partial charge in [0.2, 0.25) is 5.78 Å². The van der Waals surface area contributed by atoms with E-state index in [1.54, 1.807) is 54.6 Å². The van der Waals surface area contributed by atoms with Gasteiger partial charge in [0.05, 0.1) is 11.1 Å². The lowest BCUT2D eigenvalue weighted by Gasteiger charge is -2.05. The van der Waals surface area contributed by atoms with Crippen molar-refractivity contribution >= 4 is 17.8 Å². The summed E-state index contributed by atoms with van der Waals surface area (Å²) in [6, 6.07) is 16.9. The molecule has 2 heterocycles. The van der Waals surface area contributed by atoms with Crippen molar-refractivity contribution in [1.82, 2.24) is 0 Å². The van der Waals surface area contributed by atoms with E-state index in [0.29, 0.717) is 28.4 Å². The Kier molecular flexibility index (Phi) is 3.89. The van der Waals surface area contributed by atoms with E-state index >= 15 is 0 Å². The summed E-state index contributed by atoms with van der Waals surface area (Å²) in [4.78, 5) is 24.6. The normalized spacial score (nSPS) is 14.2. The number of furan rings is 1. The molecule has 0 saturated carbocycles. The van der Waals surface area contributed by atoms with E-state index in [0.717, 1.165) is 5.76 Å². The van der Waals surface area contributed by atoms with Crippen molar-refractivity contribution in [3.63, 3.8) is 0 Å². The van der Waals surface area contributed by atoms with Crippen LogP contribution >= 0.6 is 0 Å². The molecule has 0 fully saturated rings. The van der Waals surface area contributed by atoms with Crippen LogP contribution in [0.4, 0.5) is 0 Å². The summed E-state index contributed by atoms with van der Waals surface area (Å²) in [5.41, 5.74) is 0.859. The zero-order valence-electron chi connectivity index (χ0n) is 13.9. The molecule has 1 aromatic heterocycles. The Balaban J connectivity index is 1.56. The molecular formula is C21H14O5. The van der Waals surface area contributed by atoms with Crippen LogP contribution in [0.1, 0.15) is 32.2 Å². The molecule has 5 heteroatoms. The van der Waals surface area contributed by atoms with Crippen molar-refractivity contribution < 1.29 is 23.5 Å². The molecule has 128 valence electrons. The molecule has 1 aliphatic rings. The van der Waals surface area contributed by atoms with E-state index in [4.69, 9.17) is 13.9 Å². The van der Waals surface area contributed by atoms with Crippen LogP contribution in [0.5, 0.6) is 11.5 Å². The van der Waals surface area contributed by atoms with Crippen LogP contribution in [0.2, 0.25) is 0 Å². The fraction of sp³-hybridized carbons (Fsp3) is 0.0476. The first-order valence-electron chi connectivity index (χ1n) is 8.02. The maximum Gasteiger partial charge on any atom is 0.343 e. The van der Waals surface area contributed by atoms with Gasteiger partial charge in [-0.2, -0.15) is 0 Å². The lowest BCUT2D eigenvalue weighted by atomic mass is 10.1. The Morgan fingerprint density at radius 3 is 2.58 bits per heavy atom. The molecule has 26 heavy (non-hydrogen) atoms. The number of fused-ring (bicyclic) bond motifs is 1. The molecule has 0 saturated heterocycles. The van der Waals surface area contributed by atoms with Gasteiger partial charge in [-0.3, -0.25) is 4.79 Å². The van der Waals surface area contributed by atoms with Crippen LogP contribution in [0.3, 0.4) is 0 Å². The van der Waals surface area contributed by atoms with Crippen LogP contribution in [0.15, 0.2) is 70.8 Å². The summed E-state index contributed by atoms with van der Waals surface area (Å²) in [6.45, 7) is 1.82. The molecule has 0 unspecified atom stereocenters. The number of ether oxygens (including phenoxy) is 2. The minimum Gasteiger partial charge on any atom is -0.462 e. The Bertz CT molecular complexity index is 1030. The average Bonchev–Trinajstić information content (AvgIpc) is 3.19. The van der Waals surface area contributed by atoms with Crippen molar-refractivity contribution in [2.24, 2.45) is 0 Å². The molecule has 0 spiro atoms. The van der Waals surface area contributed by atoms with Gasteiger partial charge in [-0.05, 0) is 43.3 Å². The Morgan fingerprint density at radius 2 is 1.85 bits per heavy atom. The molecule has 0 amide bonds. The predicted molar refractivity (Wildman–Crippen MR) is 94.2 cm³/mol. The number of hydrogen-bond acceptors (Lipinski definition) is 5. The first-order chi connectivity index (χ1) is 12.6. The third kappa shape index (κ3) is 3.02. The number of carbonyl (C=O) groups is 2. The quantitative estimate of drug-likeness (QED) is 0.399. The highest BCUT2D eigenvalue weighted by Crippen LogP contribution is 2.35. The Hall–Kier alpha value is -3.60. The average molecular weight is 346 g/mol. The fourth-order valence-electron chi connectivity index (χ4n) is 2.63. The lowest BCUT2D eigenvalue weighted by Crippen LogP contribution is -2.08. The van der Waals surface area contributed by atoms with E-state index < -0.39 is 5.97 Å². The van der Waals surface area contributed by atoms with Gasteiger partial charge in [0.1, 0.15) is 23.0 Å². The molecule has 3 aromatic rings. The number of carbonyl (C=O) groups excluding carboxylic acids is 2. The SMILES string of the molecule is Cc1ccc(C=C2Oc3cc(OC(=O)c4ccccc4)ccc3C2=O)o1. The first kappa shape index (κ1) is 15.9. The van der Waals surface area contributed by atoms with E-state index in [1.807, 2.05) is 13.0 Å². The highest BCUT2D eigenvalue weighted by Gasteiger charge is 2.28. The predicted octanol–water partition coefficient (Wildman–Crippen LogP) is 4.42. The number of allylic oxidation sites excluding steroid dienone is 1. The zero-order chi connectivity index (χ0) is 18.1. The number of ketones is 1. The molecule has 0 bridgehead atoms. The van der Waals surface area contributed by atoms with Gasteiger partial charge in [0, 0.05) is 12.1 Å². The fourth-order valence-corrected chi connectivity index (χ4v) is 2.63. The third-order valence-corrected chi connectivity index (χ3v) is 3.90. The van der Waals surface area contributed by atoms with Crippen LogP contribution in [0.25, 0.3) is 6.08 Å². The lowest BCUT2D eigenvalue weighted by molar-refractivity contribution is 0.0734. The molecule has 5 nitrogen and oxygen atoms in total. The zero-order valence-corrected chi connectivity index (χ0v) is 13.9.